The number of carbonyl (C=O) groups excluding carboxylic acids is 1. The number of rotatable bonds is 5. The highest BCUT2D eigenvalue weighted by Crippen LogP contribution is 2.12. The van der Waals surface area contributed by atoms with Crippen molar-refractivity contribution in [2.45, 2.75) is 25.8 Å². The monoisotopic (exact) mass is 339 g/mol. The van der Waals surface area contributed by atoms with Crippen molar-refractivity contribution in [1.82, 2.24) is 10.2 Å². The molecular formula is C16H25N3O3S. The smallest absolute Gasteiger partial charge is 0.319 e. The minimum absolute atomic E-state index is 0.134. The maximum absolute atomic E-state index is 12.0. The summed E-state index contributed by atoms with van der Waals surface area (Å²) in [5.41, 5.74) is 1.93. The van der Waals surface area contributed by atoms with Gasteiger partial charge in [0.2, 0.25) is 0 Å². The Kier molecular flexibility index (Phi) is 6.01. The van der Waals surface area contributed by atoms with Gasteiger partial charge in [-0.15, -0.1) is 0 Å². The van der Waals surface area contributed by atoms with Crippen molar-refractivity contribution in [3.8, 4) is 0 Å². The largest absolute Gasteiger partial charge is 0.335 e. The Morgan fingerprint density at radius 1 is 1.22 bits per heavy atom. The lowest BCUT2D eigenvalue weighted by atomic mass is 10.1. The molecule has 23 heavy (non-hydrogen) atoms. The van der Waals surface area contributed by atoms with Gasteiger partial charge in [0, 0.05) is 37.6 Å². The summed E-state index contributed by atoms with van der Waals surface area (Å²) in [6.45, 7) is 4.19. The Bertz CT molecular complexity index is 620. The van der Waals surface area contributed by atoms with E-state index >= 15 is 0 Å². The molecule has 0 saturated carbocycles. The number of aryl methyl sites for hydroxylation is 1. The summed E-state index contributed by atoms with van der Waals surface area (Å²) in [5.74, 6) is 0.193. The highest BCUT2D eigenvalue weighted by atomic mass is 32.2. The average molecular weight is 339 g/mol. The summed E-state index contributed by atoms with van der Waals surface area (Å²) in [4.78, 5) is 14.1. The molecule has 0 bridgehead atoms. The van der Waals surface area contributed by atoms with E-state index in [9.17, 15) is 13.2 Å². The van der Waals surface area contributed by atoms with E-state index in [1.807, 2.05) is 31.2 Å². The van der Waals surface area contributed by atoms with Crippen LogP contribution in [0.1, 0.15) is 18.4 Å². The van der Waals surface area contributed by atoms with E-state index in [2.05, 4.69) is 15.5 Å². The van der Waals surface area contributed by atoms with E-state index in [0.717, 1.165) is 37.2 Å². The number of likely N-dealkylation sites (tertiary alicyclic amines) is 1. The second-order valence-electron chi connectivity index (χ2n) is 6.21. The Balaban J connectivity index is 1.71. The van der Waals surface area contributed by atoms with Crippen molar-refractivity contribution in [3.63, 3.8) is 0 Å². The molecule has 1 fully saturated rings. The first kappa shape index (κ1) is 17.7. The SMILES string of the molecule is Cc1ccc(NC(=O)NC2CCN(CCS(C)(=O)=O)CC2)cc1. The predicted molar refractivity (Wildman–Crippen MR) is 92.5 cm³/mol. The molecular weight excluding hydrogens is 314 g/mol. The number of nitrogens with one attached hydrogen (secondary N) is 2. The number of benzene rings is 1. The van der Waals surface area contributed by atoms with Crippen LogP contribution in [0.15, 0.2) is 24.3 Å². The zero-order valence-corrected chi connectivity index (χ0v) is 14.5. The lowest BCUT2D eigenvalue weighted by Crippen LogP contribution is -2.46. The molecule has 0 aliphatic carbocycles. The number of urea groups is 1. The average Bonchev–Trinajstić information content (AvgIpc) is 2.48. The van der Waals surface area contributed by atoms with Crippen LogP contribution in [0.4, 0.5) is 10.5 Å². The summed E-state index contributed by atoms with van der Waals surface area (Å²) < 4.78 is 22.4. The number of amides is 2. The summed E-state index contributed by atoms with van der Waals surface area (Å²) >= 11 is 0. The first-order valence-electron chi connectivity index (χ1n) is 7.86. The minimum atomic E-state index is -2.92. The van der Waals surface area contributed by atoms with Crippen LogP contribution in [-0.2, 0) is 9.84 Å². The van der Waals surface area contributed by atoms with Crippen molar-refractivity contribution >= 4 is 21.6 Å². The molecule has 1 aliphatic heterocycles. The summed E-state index contributed by atoms with van der Waals surface area (Å²) in [5, 5.41) is 5.81. The topological polar surface area (TPSA) is 78.5 Å². The fourth-order valence-electron chi connectivity index (χ4n) is 2.59. The molecule has 2 rings (SSSR count). The van der Waals surface area contributed by atoms with Crippen molar-refractivity contribution < 1.29 is 13.2 Å². The maximum Gasteiger partial charge on any atom is 0.319 e. The van der Waals surface area contributed by atoms with E-state index in [-0.39, 0.29) is 17.8 Å². The number of piperidine rings is 1. The van der Waals surface area contributed by atoms with Crippen LogP contribution in [0.2, 0.25) is 0 Å². The van der Waals surface area contributed by atoms with Crippen LogP contribution >= 0.6 is 0 Å². The molecule has 2 N–H and O–H groups in total. The first-order valence-corrected chi connectivity index (χ1v) is 9.92. The second kappa shape index (κ2) is 7.79. The van der Waals surface area contributed by atoms with Crippen LogP contribution in [-0.4, -0.2) is 57.0 Å². The zero-order chi connectivity index (χ0) is 16.9. The molecule has 0 aromatic heterocycles. The molecule has 0 radical (unpaired) electrons. The van der Waals surface area contributed by atoms with Crippen molar-refractivity contribution in [3.05, 3.63) is 29.8 Å². The third-order valence-electron chi connectivity index (χ3n) is 4.01. The number of hydrogen-bond acceptors (Lipinski definition) is 4. The highest BCUT2D eigenvalue weighted by molar-refractivity contribution is 7.90. The van der Waals surface area contributed by atoms with E-state index in [4.69, 9.17) is 0 Å². The summed E-state index contributed by atoms with van der Waals surface area (Å²) in [6, 6.07) is 7.61. The molecule has 1 saturated heterocycles. The van der Waals surface area contributed by atoms with Gasteiger partial charge in [0.15, 0.2) is 0 Å². The zero-order valence-electron chi connectivity index (χ0n) is 13.7. The molecule has 7 heteroatoms. The number of sulfone groups is 1. The van der Waals surface area contributed by atoms with Gasteiger partial charge in [-0.1, -0.05) is 17.7 Å². The normalized spacial score (nSPS) is 17.0. The lowest BCUT2D eigenvalue weighted by molar-refractivity contribution is 0.203. The van der Waals surface area contributed by atoms with Gasteiger partial charge in [-0.2, -0.15) is 0 Å². The molecule has 1 heterocycles. The Morgan fingerprint density at radius 2 is 1.83 bits per heavy atom. The van der Waals surface area contributed by atoms with Gasteiger partial charge in [-0.25, -0.2) is 13.2 Å². The standard InChI is InChI=1S/C16H25N3O3S/c1-13-3-5-14(6-4-13)17-16(20)18-15-7-9-19(10-8-15)11-12-23(2,21)22/h3-6,15H,7-12H2,1-2H3,(H2,17,18,20). The summed E-state index contributed by atoms with van der Waals surface area (Å²) in [6.07, 6.45) is 2.94. The Morgan fingerprint density at radius 3 is 2.39 bits per heavy atom. The van der Waals surface area contributed by atoms with Gasteiger partial charge in [0.05, 0.1) is 5.75 Å². The molecule has 0 unspecified atom stereocenters. The highest BCUT2D eigenvalue weighted by Gasteiger charge is 2.21. The quantitative estimate of drug-likeness (QED) is 0.854. The van der Waals surface area contributed by atoms with Crippen LogP contribution in [0.3, 0.4) is 0 Å². The first-order chi connectivity index (χ1) is 10.8. The third kappa shape index (κ3) is 6.58. The number of carbonyl (C=O) groups is 1. The van der Waals surface area contributed by atoms with Crippen LogP contribution < -0.4 is 10.6 Å². The number of anilines is 1. The molecule has 1 aromatic carbocycles. The van der Waals surface area contributed by atoms with Gasteiger partial charge < -0.3 is 15.5 Å². The van der Waals surface area contributed by atoms with Crippen molar-refractivity contribution in [2.24, 2.45) is 0 Å². The molecule has 1 aromatic rings. The fourth-order valence-corrected chi connectivity index (χ4v) is 3.18. The predicted octanol–water partition coefficient (Wildman–Crippen LogP) is 1.63. The number of hydrogen-bond donors (Lipinski definition) is 2. The number of nitrogens with zero attached hydrogens (tertiary/aromatic N) is 1. The van der Waals surface area contributed by atoms with Gasteiger partial charge in [0.1, 0.15) is 9.84 Å². The summed E-state index contributed by atoms with van der Waals surface area (Å²) in [7, 11) is -2.92. The van der Waals surface area contributed by atoms with Crippen LogP contribution in [0.25, 0.3) is 0 Å². The molecule has 2 amide bonds. The molecule has 128 valence electrons. The van der Waals surface area contributed by atoms with Gasteiger partial charge in [0.25, 0.3) is 0 Å². The van der Waals surface area contributed by atoms with Gasteiger partial charge in [-0.05, 0) is 31.9 Å². The minimum Gasteiger partial charge on any atom is -0.335 e. The van der Waals surface area contributed by atoms with Gasteiger partial charge in [-0.3, -0.25) is 0 Å². The lowest BCUT2D eigenvalue weighted by Gasteiger charge is -2.32. The van der Waals surface area contributed by atoms with Crippen LogP contribution in [0.5, 0.6) is 0 Å². The van der Waals surface area contributed by atoms with Gasteiger partial charge >= 0.3 is 6.03 Å². The Hall–Kier alpha value is -1.60. The van der Waals surface area contributed by atoms with Crippen molar-refractivity contribution in [2.75, 3.05) is 37.0 Å². The molecule has 6 nitrogen and oxygen atoms in total. The molecule has 0 spiro atoms. The van der Waals surface area contributed by atoms with E-state index < -0.39 is 9.84 Å². The third-order valence-corrected chi connectivity index (χ3v) is 4.93. The fraction of sp³-hybridized carbons (Fsp3) is 0.562. The second-order valence-corrected chi connectivity index (χ2v) is 8.47. The van der Waals surface area contributed by atoms with E-state index in [1.54, 1.807) is 0 Å². The van der Waals surface area contributed by atoms with Crippen molar-refractivity contribution in [1.29, 1.82) is 0 Å². The maximum atomic E-state index is 12.0. The molecule has 0 atom stereocenters. The van der Waals surface area contributed by atoms with E-state index in [0.29, 0.717) is 6.54 Å². The van der Waals surface area contributed by atoms with Crippen LogP contribution in [0, 0.1) is 6.92 Å². The van der Waals surface area contributed by atoms with E-state index in [1.165, 1.54) is 6.26 Å². The Labute approximate surface area is 138 Å². The molecule has 1 aliphatic rings.